The summed E-state index contributed by atoms with van der Waals surface area (Å²) in [4.78, 5) is 54.9. The number of esters is 4. The Bertz CT molecular complexity index is 2150. The molecule has 6 nitrogen and oxygen atoms in total. The molecule has 56 heavy (non-hydrogen) atoms. The van der Waals surface area contributed by atoms with Crippen molar-refractivity contribution < 1.29 is 28.7 Å². The zero-order chi connectivity index (χ0) is 37.0. The second-order valence-electron chi connectivity index (χ2n) is 21.7. The van der Waals surface area contributed by atoms with Crippen molar-refractivity contribution in [1.82, 2.24) is 0 Å². The van der Waals surface area contributed by atoms with Gasteiger partial charge >= 0.3 is 23.9 Å². The third-order valence-electron chi connectivity index (χ3n) is 21.1. The van der Waals surface area contributed by atoms with Crippen LogP contribution < -0.4 is 0 Å². The van der Waals surface area contributed by atoms with Gasteiger partial charge in [0.1, 0.15) is 11.8 Å². The van der Waals surface area contributed by atoms with Gasteiger partial charge in [-0.05, 0) is 218 Å². The van der Waals surface area contributed by atoms with Crippen LogP contribution in [0.2, 0.25) is 0 Å². The highest BCUT2D eigenvalue weighted by atomic mass is 32.1. The van der Waals surface area contributed by atoms with Crippen LogP contribution in [0.5, 0.6) is 0 Å². The first-order valence-electron chi connectivity index (χ1n) is 22.3. The predicted molar refractivity (Wildman–Crippen MR) is 208 cm³/mol. The molecule has 16 fully saturated rings. The van der Waals surface area contributed by atoms with E-state index in [0.717, 1.165) is 82.2 Å². The zero-order valence-corrected chi connectivity index (χ0v) is 33.7. The van der Waals surface area contributed by atoms with E-state index in [2.05, 4.69) is 22.9 Å². The van der Waals surface area contributed by atoms with Gasteiger partial charge in [-0.25, -0.2) is 9.59 Å². The minimum atomic E-state index is -0.356. The van der Waals surface area contributed by atoms with Gasteiger partial charge in [0.25, 0.3) is 0 Å². The molecule has 16 bridgehead atoms. The number of allylic oxidation sites excluding steroid dienone is 2. The van der Waals surface area contributed by atoms with E-state index < -0.39 is 0 Å². The van der Waals surface area contributed by atoms with Crippen molar-refractivity contribution >= 4 is 57.7 Å². The van der Waals surface area contributed by atoms with E-state index in [1.165, 1.54) is 85.1 Å². The molecule has 4 heterocycles. The maximum atomic E-state index is 13.2. The lowest BCUT2D eigenvalue weighted by molar-refractivity contribution is -0.248. The third kappa shape index (κ3) is 3.18. The Balaban J connectivity index is 0.000000109. The molecule has 0 amide bonds. The number of cyclic esters (lactones) is 4. The molecule has 0 radical (unpaired) electrons. The van der Waals surface area contributed by atoms with Crippen LogP contribution in [0.1, 0.15) is 98.9 Å². The van der Waals surface area contributed by atoms with Crippen molar-refractivity contribution in [3.8, 4) is 0 Å². The second kappa shape index (κ2) is 9.95. The summed E-state index contributed by atoms with van der Waals surface area (Å²) in [6, 6.07) is 4.41. The number of carbonyl (C=O) groups is 4. The quantitative estimate of drug-likeness (QED) is 0.196. The second-order valence-corrected chi connectivity index (χ2v) is 23.6. The number of carbonyl (C=O) groups excluding carboxylic acids is 4. The lowest BCUT2D eigenvalue weighted by Gasteiger charge is -2.76. The monoisotopic (exact) mass is 784 g/mol. The molecule has 14 saturated carbocycles. The lowest BCUT2D eigenvalue weighted by atomic mass is 9.28. The molecule has 20 atom stereocenters. The first kappa shape index (κ1) is 32.1. The molecule has 2 aromatic heterocycles. The summed E-state index contributed by atoms with van der Waals surface area (Å²) in [5.41, 5.74) is 5.62. The van der Waals surface area contributed by atoms with E-state index in [4.69, 9.17) is 9.47 Å². The molecule has 2 spiro atoms. The minimum absolute atomic E-state index is 0.156. The first-order chi connectivity index (χ1) is 27.2. The van der Waals surface area contributed by atoms with Crippen molar-refractivity contribution in [3.63, 3.8) is 0 Å². The molecular formula is C48H48O6S2. The van der Waals surface area contributed by atoms with Gasteiger partial charge in [0.05, 0.1) is 11.1 Å². The number of thiophene rings is 2. The fourth-order valence-corrected chi connectivity index (χ4v) is 23.2. The van der Waals surface area contributed by atoms with Crippen molar-refractivity contribution in [1.29, 1.82) is 0 Å². The van der Waals surface area contributed by atoms with Crippen molar-refractivity contribution in [3.05, 3.63) is 54.9 Å². The van der Waals surface area contributed by atoms with Crippen LogP contribution in [0.25, 0.3) is 11.1 Å². The smallest absolute Gasteiger partial charge is 0.342 e. The summed E-state index contributed by atoms with van der Waals surface area (Å²) in [6.45, 7) is 4.07. The van der Waals surface area contributed by atoms with Crippen molar-refractivity contribution in [2.45, 2.75) is 88.9 Å². The fraction of sp³-hybridized carbons (Fsp3) is 0.667. The van der Waals surface area contributed by atoms with Gasteiger partial charge < -0.3 is 9.47 Å². The number of rotatable bonds is 0. The van der Waals surface area contributed by atoms with E-state index in [9.17, 15) is 19.2 Å². The molecule has 0 N–H and O–H groups in total. The standard InChI is InChI=1S/2C24H24O3S/c2*1-9-12-2-3-28-21(12)24(20-18(9)22(25)27-23(20)26)11-7-14-13-4-10-5-16(14)19(24)17(6-10)15(13)8-11/h2*2-3,10-11,13-17,19-20H,4-8H2,1H3/t10?,11?,13?,14-,15?,16+,17?,19?,20+,24+;10?,11?,13?,14-,15+,16?,17?,19?,20-,24+/m01/s1. The summed E-state index contributed by atoms with van der Waals surface area (Å²) in [5, 5.41) is 4.40. The SMILES string of the molecule is CC1=C2C(=O)OC(=O)[C@@H]2[C@@]2(c3sccc31)C1CC3C4CC5CC3[C@H](C1)[C@@H](C5)C42.CC1=C2C(=O)OC(=O)[C@@H]2[C@]2(c3sccc31)C1C[C@@H]3C4CC5CC(C42)[C@H](C1)C3C5. The number of fused-ring (bicyclic) bond motifs is 4. The van der Waals surface area contributed by atoms with Gasteiger partial charge in [-0.15, -0.1) is 22.7 Å². The predicted octanol–water partition coefficient (Wildman–Crippen LogP) is 8.84. The normalized spacial score (nSPS) is 54.0. The Morgan fingerprint density at radius 2 is 0.839 bits per heavy atom. The average molecular weight is 785 g/mol. The lowest BCUT2D eigenvalue weighted by Crippen LogP contribution is -2.72. The summed E-state index contributed by atoms with van der Waals surface area (Å²) in [6.07, 6.45) is 13.6. The van der Waals surface area contributed by atoms with Gasteiger partial charge in [0, 0.05) is 20.6 Å². The van der Waals surface area contributed by atoms with Crippen molar-refractivity contribution in [2.75, 3.05) is 0 Å². The van der Waals surface area contributed by atoms with E-state index in [1.54, 1.807) is 0 Å². The number of hydrogen-bond acceptors (Lipinski definition) is 8. The Labute approximate surface area is 335 Å². The largest absolute Gasteiger partial charge is 0.389 e. The maximum Gasteiger partial charge on any atom is 0.342 e. The highest BCUT2D eigenvalue weighted by Crippen LogP contribution is 2.81. The van der Waals surface area contributed by atoms with Gasteiger partial charge in [-0.3, -0.25) is 9.59 Å². The molecule has 288 valence electrons. The zero-order valence-electron chi connectivity index (χ0n) is 32.0. The Morgan fingerprint density at radius 1 is 0.500 bits per heavy atom. The van der Waals surface area contributed by atoms with Crippen LogP contribution >= 0.6 is 22.7 Å². The van der Waals surface area contributed by atoms with E-state index in [-0.39, 0.29) is 46.5 Å². The van der Waals surface area contributed by atoms with Crippen LogP contribution in [0.3, 0.4) is 0 Å². The molecule has 0 aromatic carbocycles. The average Bonchev–Trinajstić information content (AvgIpc) is 4.00. The fourth-order valence-electron chi connectivity index (χ4n) is 20.6. The van der Waals surface area contributed by atoms with E-state index in [0.29, 0.717) is 34.8 Å². The van der Waals surface area contributed by atoms with Crippen LogP contribution in [0.4, 0.5) is 0 Å². The molecule has 18 aliphatic rings. The molecule has 20 rings (SSSR count). The maximum absolute atomic E-state index is 13.2. The summed E-state index contributed by atoms with van der Waals surface area (Å²) >= 11 is 3.71. The molecular weight excluding hydrogens is 737 g/mol. The summed E-state index contributed by atoms with van der Waals surface area (Å²) < 4.78 is 10.7. The Kier molecular flexibility index (Phi) is 5.69. The van der Waals surface area contributed by atoms with Crippen LogP contribution in [0, 0.1) is 107 Å². The molecule has 12 unspecified atom stereocenters. The molecule has 2 saturated heterocycles. The first-order valence-corrected chi connectivity index (χ1v) is 24.1. The molecule has 2 aliphatic heterocycles. The van der Waals surface area contributed by atoms with Gasteiger partial charge in [0.15, 0.2) is 0 Å². The molecule has 2 aromatic rings. The summed E-state index contributed by atoms with van der Waals surface area (Å²) in [5.74, 6) is 10.8. The highest BCUT2D eigenvalue weighted by Gasteiger charge is 2.78. The summed E-state index contributed by atoms with van der Waals surface area (Å²) in [7, 11) is 0. The Morgan fingerprint density at radius 3 is 1.21 bits per heavy atom. The number of ether oxygens (including phenoxy) is 2. The van der Waals surface area contributed by atoms with E-state index >= 15 is 0 Å². The van der Waals surface area contributed by atoms with Gasteiger partial charge in [-0.1, -0.05) is 0 Å². The number of hydrogen-bond donors (Lipinski definition) is 0. The Hall–Kier alpha value is -2.84. The van der Waals surface area contributed by atoms with Crippen molar-refractivity contribution in [2.24, 2.45) is 107 Å². The van der Waals surface area contributed by atoms with Crippen LogP contribution in [-0.4, -0.2) is 23.9 Å². The topological polar surface area (TPSA) is 86.7 Å². The van der Waals surface area contributed by atoms with Crippen LogP contribution in [-0.2, 0) is 39.5 Å². The highest BCUT2D eigenvalue weighted by molar-refractivity contribution is 7.10. The minimum Gasteiger partial charge on any atom is -0.389 e. The third-order valence-corrected chi connectivity index (χ3v) is 23.3. The van der Waals surface area contributed by atoms with E-state index in [1.807, 2.05) is 36.5 Å². The van der Waals surface area contributed by atoms with Gasteiger partial charge in [-0.2, -0.15) is 0 Å². The van der Waals surface area contributed by atoms with Gasteiger partial charge in [0.2, 0.25) is 0 Å². The molecule has 16 aliphatic carbocycles. The van der Waals surface area contributed by atoms with Crippen LogP contribution in [0.15, 0.2) is 34.0 Å². The molecule has 8 heteroatoms.